The van der Waals surface area contributed by atoms with Crippen LogP contribution in [0, 0.1) is 15.5 Å². The van der Waals surface area contributed by atoms with Crippen LogP contribution in [0.3, 0.4) is 0 Å². The van der Waals surface area contributed by atoms with Gasteiger partial charge in [0.15, 0.2) is 5.69 Å². The Labute approximate surface area is 116 Å². The highest BCUT2D eigenvalue weighted by molar-refractivity contribution is 6.17. The largest absolute Gasteiger partial charge is 0.358 e. The third-order valence-electron chi connectivity index (χ3n) is 3.01. The summed E-state index contributed by atoms with van der Waals surface area (Å²) < 4.78 is 1.27. The SMILES string of the molecule is Cn1c(C(=O)NCC(C)(C)CCCl)ccc1[N+](=O)[O-]. The molecule has 0 atom stereocenters. The summed E-state index contributed by atoms with van der Waals surface area (Å²) in [5.74, 6) is 0.0989. The highest BCUT2D eigenvalue weighted by Gasteiger charge is 2.23. The number of rotatable bonds is 6. The van der Waals surface area contributed by atoms with Gasteiger partial charge in [0.1, 0.15) is 0 Å². The van der Waals surface area contributed by atoms with Crippen molar-refractivity contribution in [2.75, 3.05) is 12.4 Å². The Morgan fingerprint density at radius 2 is 2.16 bits per heavy atom. The molecule has 1 heterocycles. The summed E-state index contributed by atoms with van der Waals surface area (Å²) >= 11 is 5.69. The smallest absolute Gasteiger partial charge is 0.323 e. The predicted octanol–water partition coefficient (Wildman–Crippen LogP) is 2.32. The predicted molar refractivity (Wildman–Crippen MR) is 73.5 cm³/mol. The number of aromatic nitrogens is 1. The fourth-order valence-corrected chi connectivity index (χ4v) is 2.18. The first kappa shape index (κ1) is 15.5. The van der Waals surface area contributed by atoms with Crippen LogP contribution in [0.2, 0.25) is 0 Å². The van der Waals surface area contributed by atoms with Gasteiger partial charge in [-0.2, -0.15) is 0 Å². The van der Waals surface area contributed by atoms with Gasteiger partial charge in [-0.05, 0) is 22.8 Å². The van der Waals surface area contributed by atoms with Gasteiger partial charge in [-0.25, -0.2) is 4.57 Å². The van der Waals surface area contributed by atoms with E-state index in [1.165, 1.54) is 23.7 Å². The van der Waals surface area contributed by atoms with Gasteiger partial charge in [0.25, 0.3) is 5.91 Å². The van der Waals surface area contributed by atoms with E-state index in [-0.39, 0.29) is 22.8 Å². The maximum Gasteiger partial charge on any atom is 0.323 e. The number of carbonyl (C=O) groups is 1. The lowest BCUT2D eigenvalue weighted by atomic mass is 9.90. The van der Waals surface area contributed by atoms with E-state index in [0.29, 0.717) is 12.4 Å². The zero-order chi connectivity index (χ0) is 14.6. The standard InChI is InChI=1S/C12H18ClN3O3/c1-12(2,6-7-13)8-14-11(17)9-4-5-10(15(9)3)16(18)19/h4-5H,6-8H2,1-3H3,(H,14,17). The zero-order valence-corrected chi connectivity index (χ0v) is 12.0. The van der Waals surface area contributed by atoms with Gasteiger partial charge < -0.3 is 15.4 Å². The van der Waals surface area contributed by atoms with Gasteiger partial charge in [0, 0.05) is 18.5 Å². The monoisotopic (exact) mass is 287 g/mol. The van der Waals surface area contributed by atoms with Crippen molar-refractivity contribution in [3.05, 3.63) is 27.9 Å². The molecule has 1 aromatic rings. The summed E-state index contributed by atoms with van der Waals surface area (Å²) in [5.41, 5.74) is 0.169. The van der Waals surface area contributed by atoms with Crippen LogP contribution in [0.1, 0.15) is 30.8 Å². The van der Waals surface area contributed by atoms with Crippen LogP contribution < -0.4 is 5.32 Å². The van der Waals surface area contributed by atoms with Crippen LogP contribution in [0.4, 0.5) is 5.82 Å². The summed E-state index contributed by atoms with van der Waals surface area (Å²) in [6.07, 6.45) is 0.780. The van der Waals surface area contributed by atoms with Crippen molar-refractivity contribution in [2.24, 2.45) is 12.5 Å². The number of halogens is 1. The van der Waals surface area contributed by atoms with Gasteiger partial charge in [-0.3, -0.25) is 4.79 Å². The third-order valence-corrected chi connectivity index (χ3v) is 3.20. The Morgan fingerprint density at radius 3 is 2.63 bits per heavy atom. The molecule has 6 nitrogen and oxygen atoms in total. The van der Waals surface area contributed by atoms with Crippen molar-refractivity contribution < 1.29 is 9.72 Å². The van der Waals surface area contributed by atoms with Crippen LogP contribution in [0.15, 0.2) is 12.1 Å². The molecule has 0 aromatic carbocycles. The van der Waals surface area contributed by atoms with Crippen LogP contribution in [0.25, 0.3) is 0 Å². The third kappa shape index (κ3) is 3.96. The van der Waals surface area contributed by atoms with Crippen molar-refractivity contribution in [3.63, 3.8) is 0 Å². The molecule has 0 saturated heterocycles. The number of carbonyl (C=O) groups excluding carboxylic acids is 1. The first-order valence-corrected chi connectivity index (χ1v) is 6.46. The van der Waals surface area contributed by atoms with Gasteiger partial charge in [-0.15, -0.1) is 11.6 Å². The lowest BCUT2D eigenvalue weighted by Gasteiger charge is -2.23. The minimum atomic E-state index is -0.520. The molecule has 0 aliphatic heterocycles. The Hall–Kier alpha value is -1.56. The summed E-state index contributed by atoms with van der Waals surface area (Å²) in [6.45, 7) is 4.48. The lowest BCUT2D eigenvalue weighted by Crippen LogP contribution is -2.35. The highest BCUT2D eigenvalue weighted by Crippen LogP contribution is 2.20. The van der Waals surface area contributed by atoms with Gasteiger partial charge in [-0.1, -0.05) is 13.8 Å². The molecule has 1 aromatic heterocycles. The topological polar surface area (TPSA) is 77.2 Å². The minimum absolute atomic E-state index is 0.103. The van der Waals surface area contributed by atoms with E-state index in [4.69, 9.17) is 11.6 Å². The molecule has 106 valence electrons. The molecule has 0 unspecified atom stereocenters. The number of hydrogen-bond acceptors (Lipinski definition) is 3. The molecule has 0 bridgehead atoms. The minimum Gasteiger partial charge on any atom is -0.358 e. The number of hydrogen-bond donors (Lipinski definition) is 1. The first-order chi connectivity index (χ1) is 8.78. The average Bonchev–Trinajstić information content (AvgIpc) is 2.68. The number of nitro groups is 1. The Balaban J connectivity index is 2.72. The van der Waals surface area contributed by atoms with Gasteiger partial charge in [0.2, 0.25) is 0 Å². The number of nitrogens with one attached hydrogen (secondary N) is 1. The molecular formula is C12H18ClN3O3. The molecule has 0 spiro atoms. The normalized spacial score (nSPS) is 11.4. The quantitative estimate of drug-likeness (QED) is 0.495. The second-order valence-electron chi connectivity index (χ2n) is 5.18. The lowest BCUT2D eigenvalue weighted by molar-refractivity contribution is -0.391. The van der Waals surface area contributed by atoms with E-state index in [9.17, 15) is 14.9 Å². The number of nitrogens with zero attached hydrogens (tertiary/aromatic N) is 2. The second-order valence-corrected chi connectivity index (χ2v) is 5.56. The van der Waals surface area contributed by atoms with E-state index in [1.807, 2.05) is 13.8 Å². The molecule has 1 amide bonds. The van der Waals surface area contributed by atoms with Crippen molar-refractivity contribution >= 4 is 23.3 Å². The van der Waals surface area contributed by atoms with E-state index in [1.54, 1.807) is 0 Å². The second kappa shape index (κ2) is 6.06. The summed E-state index contributed by atoms with van der Waals surface area (Å²) in [6, 6.07) is 2.76. The molecule has 7 heteroatoms. The first-order valence-electron chi connectivity index (χ1n) is 5.93. The molecular weight excluding hydrogens is 270 g/mol. The molecule has 0 saturated carbocycles. The Morgan fingerprint density at radius 1 is 1.53 bits per heavy atom. The van der Waals surface area contributed by atoms with Crippen LogP contribution in [0.5, 0.6) is 0 Å². The molecule has 1 N–H and O–H groups in total. The highest BCUT2D eigenvalue weighted by atomic mass is 35.5. The number of amides is 1. The Kier molecular flexibility index (Phi) is 4.94. The van der Waals surface area contributed by atoms with Crippen molar-refractivity contribution in [1.29, 1.82) is 0 Å². The van der Waals surface area contributed by atoms with Crippen LogP contribution in [-0.4, -0.2) is 27.8 Å². The van der Waals surface area contributed by atoms with Crippen molar-refractivity contribution in [1.82, 2.24) is 9.88 Å². The summed E-state index contributed by atoms with van der Waals surface area (Å²) in [5, 5.41) is 13.5. The molecule has 1 rings (SSSR count). The van der Waals surface area contributed by atoms with Gasteiger partial charge in [0.05, 0.1) is 7.05 Å². The molecule has 0 fully saturated rings. The van der Waals surface area contributed by atoms with Gasteiger partial charge >= 0.3 is 5.82 Å². The van der Waals surface area contributed by atoms with E-state index >= 15 is 0 Å². The van der Waals surface area contributed by atoms with Crippen molar-refractivity contribution in [3.8, 4) is 0 Å². The van der Waals surface area contributed by atoms with Crippen LogP contribution >= 0.6 is 11.6 Å². The Bertz CT molecular complexity index is 483. The number of alkyl halides is 1. The summed E-state index contributed by atoms with van der Waals surface area (Å²) in [7, 11) is 1.50. The average molecular weight is 288 g/mol. The zero-order valence-electron chi connectivity index (χ0n) is 11.3. The van der Waals surface area contributed by atoms with Crippen molar-refractivity contribution in [2.45, 2.75) is 20.3 Å². The van der Waals surface area contributed by atoms with Crippen LogP contribution in [-0.2, 0) is 7.05 Å². The van der Waals surface area contributed by atoms with E-state index in [2.05, 4.69) is 5.32 Å². The maximum atomic E-state index is 12.0. The fraction of sp³-hybridized carbons (Fsp3) is 0.583. The molecule has 0 aliphatic rings. The maximum absolute atomic E-state index is 12.0. The fourth-order valence-electron chi connectivity index (χ4n) is 1.67. The molecule has 0 radical (unpaired) electrons. The summed E-state index contributed by atoms with van der Waals surface area (Å²) in [4.78, 5) is 22.1. The molecule has 19 heavy (non-hydrogen) atoms. The molecule has 0 aliphatic carbocycles. The van der Waals surface area contributed by atoms with E-state index in [0.717, 1.165) is 6.42 Å². The van der Waals surface area contributed by atoms with E-state index < -0.39 is 4.92 Å².